The van der Waals surface area contributed by atoms with Crippen molar-refractivity contribution in [1.29, 1.82) is 0 Å². The minimum Gasteiger partial charge on any atom is -0.350 e. The Balaban J connectivity index is 1.33. The highest BCUT2D eigenvalue weighted by Gasteiger charge is 2.26. The molecule has 0 radical (unpaired) electrons. The summed E-state index contributed by atoms with van der Waals surface area (Å²) in [6.07, 6.45) is 7.71. The smallest absolute Gasteiger partial charge is 0.270 e. The van der Waals surface area contributed by atoms with Crippen LogP contribution < -0.4 is 0 Å². The number of carbonyl (C=O) groups excluding carboxylic acids is 1. The molecule has 26 heavy (non-hydrogen) atoms. The number of aromatic nitrogens is 1. The first-order valence-corrected chi connectivity index (χ1v) is 10.4. The van der Waals surface area contributed by atoms with E-state index in [2.05, 4.69) is 9.88 Å². The lowest BCUT2D eigenvalue weighted by Crippen LogP contribution is -2.42. The number of nitrogens with one attached hydrogen (secondary N) is 1. The number of fused-ring (bicyclic) bond motifs is 1. The number of aromatic amines is 1. The Labute approximate surface area is 160 Å². The molecule has 0 bridgehead atoms. The molecule has 0 saturated carbocycles. The van der Waals surface area contributed by atoms with E-state index in [1.54, 1.807) is 0 Å². The number of amides is 1. The van der Waals surface area contributed by atoms with E-state index in [1.165, 1.54) is 45.3 Å². The van der Waals surface area contributed by atoms with Crippen molar-refractivity contribution in [2.24, 2.45) is 5.92 Å². The highest BCUT2D eigenvalue weighted by molar-refractivity contribution is 6.31. The standard InChI is InChI=1S/C21H28ClN3O/c22-18-6-5-17-13-20(23-19(17)14-18)21(26)25-11-7-16(8-12-25)15-24-9-3-1-2-4-10-24/h5-6,13-14,16,23H,1-4,7-12,15H2. The quantitative estimate of drug-likeness (QED) is 0.857. The molecule has 4 nitrogen and oxygen atoms in total. The van der Waals surface area contributed by atoms with Crippen molar-refractivity contribution >= 4 is 28.4 Å². The van der Waals surface area contributed by atoms with Crippen molar-refractivity contribution in [3.63, 3.8) is 0 Å². The first-order valence-electron chi connectivity index (χ1n) is 9.99. The van der Waals surface area contributed by atoms with Crippen LogP contribution in [-0.4, -0.2) is 53.4 Å². The van der Waals surface area contributed by atoms with E-state index >= 15 is 0 Å². The van der Waals surface area contributed by atoms with Crippen LogP contribution in [0.4, 0.5) is 0 Å². The predicted octanol–water partition coefficient (Wildman–Crippen LogP) is 4.55. The number of hydrogen-bond donors (Lipinski definition) is 1. The van der Waals surface area contributed by atoms with E-state index in [0.717, 1.165) is 42.8 Å². The number of carbonyl (C=O) groups is 1. The van der Waals surface area contributed by atoms with E-state index in [1.807, 2.05) is 29.2 Å². The monoisotopic (exact) mass is 373 g/mol. The first kappa shape index (κ1) is 17.9. The average molecular weight is 374 g/mol. The summed E-state index contributed by atoms with van der Waals surface area (Å²) in [5.74, 6) is 0.851. The maximum Gasteiger partial charge on any atom is 0.270 e. The van der Waals surface area contributed by atoms with Crippen LogP contribution in [-0.2, 0) is 0 Å². The molecular weight excluding hydrogens is 346 g/mol. The van der Waals surface area contributed by atoms with Crippen molar-refractivity contribution in [3.05, 3.63) is 35.0 Å². The zero-order chi connectivity index (χ0) is 17.9. The van der Waals surface area contributed by atoms with Gasteiger partial charge in [-0.1, -0.05) is 30.5 Å². The Morgan fingerprint density at radius 1 is 1.04 bits per heavy atom. The molecule has 4 rings (SSSR count). The van der Waals surface area contributed by atoms with Crippen LogP contribution in [0, 0.1) is 5.92 Å². The maximum absolute atomic E-state index is 12.8. The van der Waals surface area contributed by atoms with Gasteiger partial charge in [-0.05, 0) is 62.9 Å². The molecule has 1 amide bonds. The van der Waals surface area contributed by atoms with Crippen LogP contribution in [0.3, 0.4) is 0 Å². The largest absolute Gasteiger partial charge is 0.350 e. The number of hydrogen-bond acceptors (Lipinski definition) is 2. The summed E-state index contributed by atoms with van der Waals surface area (Å²) in [6.45, 7) is 5.47. The van der Waals surface area contributed by atoms with Gasteiger partial charge in [0.15, 0.2) is 0 Å². The van der Waals surface area contributed by atoms with E-state index in [0.29, 0.717) is 10.7 Å². The van der Waals surface area contributed by atoms with Crippen molar-refractivity contribution in [2.75, 3.05) is 32.7 Å². The molecule has 2 fully saturated rings. The lowest BCUT2D eigenvalue weighted by molar-refractivity contribution is 0.0663. The Bertz CT molecular complexity index is 756. The molecule has 2 saturated heterocycles. The summed E-state index contributed by atoms with van der Waals surface area (Å²) in [6, 6.07) is 7.64. The van der Waals surface area contributed by atoms with Crippen LogP contribution in [0.15, 0.2) is 24.3 Å². The zero-order valence-corrected chi connectivity index (χ0v) is 16.1. The summed E-state index contributed by atoms with van der Waals surface area (Å²) in [4.78, 5) is 20.7. The second-order valence-corrected chi connectivity index (χ2v) is 8.30. The molecule has 0 atom stereocenters. The molecule has 2 aliphatic rings. The van der Waals surface area contributed by atoms with Crippen LogP contribution in [0.2, 0.25) is 5.02 Å². The van der Waals surface area contributed by atoms with Crippen molar-refractivity contribution in [2.45, 2.75) is 38.5 Å². The van der Waals surface area contributed by atoms with Crippen LogP contribution in [0.5, 0.6) is 0 Å². The molecule has 0 spiro atoms. The van der Waals surface area contributed by atoms with Gasteiger partial charge < -0.3 is 14.8 Å². The van der Waals surface area contributed by atoms with Gasteiger partial charge in [-0.2, -0.15) is 0 Å². The lowest BCUT2D eigenvalue weighted by atomic mass is 9.96. The SMILES string of the molecule is O=C(c1cc2ccc(Cl)cc2[nH]1)N1CCC(CN2CCCCCC2)CC1. The third-order valence-corrected chi connectivity index (χ3v) is 6.17. The summed E-state index contributed by atoms with van der Waals surface area (Å²) in [7, 11) is 0. The van der Waals surface area contributed by atoms with E-state index in [4.69, 9.17) is 11.6 Å². The van der Waals surface area contributed by atoms with Crippen molar-refractivity contribution < 1.29 is 4.79 Å². The highest BCUT2D eigenvalue weighted by atomic mass is 35.5. The van der Waals surface area contributed by atoms with Gasteiger partial charge in [0.05, 0.1) is 0 Å². The normalized spacial score (nSPS) is 20.4. The van der Waals surface area contributed by atoms with Crippen LogP contribution >= 0.6 is 11.6 Å². The second-order valence-electron chi connectivity index (χ2n) is 7.86. The number of likely N-dealkylation sites (tertiary alicyclic amines) is 2. The number of rotatable bonds is 3. The molecule has 140 valence electrons. The average Bonchev–Trinajstić information content (AvgIpc) is 2.90. The number of piperidine rings is 1. The third kappa shape index (κ3) is 4.07. The Morgan fingerprint density at radius 3 is 2.50 bits per heavy atom. The molecular formula is C21H28ClN3O. The van der Waals surface area contributed by atoms with Gasteiger partial charge in [0, 0.05) is 35.6 Å². The molecule has 0 unspecified atom stereocenters. The minimum absolute atomic E-state index is 0.116. The van der Waals surface area contributed by atoms with Crippen LogP contribution in [0.25, 0.3) is 10.9 Å². The fourth-order valence-corrected chi connectivity index (χ4v) is 4.56. The number of halogens is 1. The van der Waals surface area contributed by atoms with Gasteiger partial charge in [-0.3, -0.25) is 4.79 Å². The highest BCUT2D eigenvalue weighted by Crippen LogP contribution is 2.24. The summed E-state index contributed by atoms with van der Waals surface area (Å²) < 4.78 is 0. The molecule has 2 aromatic rings. The van der Waals surface area contributed by atoms with Gasteiger partial charge in [0.25, 0.3) is 5.91 Å². The number of H-pyrrole nitrogens is 1. The predicted molar refractivity (Wildman–Crippen MR) is 107 cm³/mol. The van der Waals surface area contributed by atoms with Crippen molar-refractivity contribution in [3.8, 4) is 0 Å². The van der Waals surface area contributed by atoms with Gasteiger partial charge in [-0.15, -0.1) is 0 Å². The number of benzene rings is 1. The molecule has 5 heteroatoms. The fraction of sp³-hybridized carbons (Fsp3) is 0.571. The Kier molecular flexibility index (Phi) is 5.51. The van der Waals surface area contributed by atoms with E-state index in [-0.39, 0.29) is 5.91 Å². The first-order chi connectivity index (χ1) is 12.7. The molecule has 3 heterocycles. The Hall–Kier alpha value is -1.52. The fourth-order valence-electron chi connectivity index (χ4n) is 4.39. The van der Waals surface area contributed by atoms with Gasteiger partial charge in [0.1, 0.15) is 5.69 Å². The van der Waals surface area contributed by atoms with Crippen molar-refractivity contribution in [1.82, 2.24) is 14.8 Å². The Morgan fingerprint density at radius 2 is 1.77 bits per heavy atom. The summed E-state index contributed by atoms with van der Waals surface area (Å²) >= 11 is 6.04. The molecule has 2 aliphatic heterocycles. The zero-order valence-electron chi connectivity index (χ0n) is 15.3. The minimum atomic E-state index is 0.116. The van der Waals surface area contributed by atoms with Gasteiger partial charge in [0.2, 0.25) is 0 Å². The topological polar surface area (TPSA) is 39.3 Å². The van der Waals surface area contributed by atoms with Crippen LogP contribution in [0.1, 0.15) is 49.0 Å². The van der Waals surface area contributed by atoms with Gasteiger partial charge >= 0.3 is 0 Å². The third-order valence-electron chi connectivity index (χ3n) is 5.93. The molecule has 1 aromatic carbocycles. The van der Waals surface area contributed by atoms with E-state index in [9.17, 15) is 4.79 Å². The molecule has 1 N–H and O–H groups in total. The lowest BCUT2D eigenvalue weighted by Gasteiger charge is -2.34. The van der Waals surface area contributed by atoms with Gasteiger partial charge in [-0.25, -0.2) is 0 Å². The van der Waals surface area contributed by atoms with E-state index < -0.39 is 0 Å². The maximum atomic E-state index is 12.8. The molecule has 1 aromatic heterocycles. The summed E-state index contributed by atoms with van der Waals surface area (Å²) in [5, 5.41) is 1.72. The number of nitrogens with zero attached hydrogens (tertiary/aromatic N) is 2. The summed E-state index contributed by atoms with van der Waals surface area (Å²) in [5.41, 5.74) is 1.60. The second kappa shape index (κ2) is 8.01. The molecule has 0 aliphatic carbocycles.